The SMILES string of the molecule is CN(C)C1=C/C=C\C=C/C=C\1. The minimum atomic E-state index is 1.21. The van der Waals surface area contributed by atoms with Gasteiger partial charge in [0.25, 0.3) is 0 Å². The number of allylic oxidation sites excluding steroid dienone is 7. The first-order valence-electron chi connectivity index (χ1n) is 3.70. The smallest absolute Gasteiger partial charge is 0.0360 e. The van der Waals surface area contributed by atoms with Crippen LogP contribution < -0.4 is 0 Å². The Morgan fingerprint density at radius 1 is 0.909 bits per heavy atom. The van der Waals surface area contributed by atoms with Crippen molar-refractivity contribution in [3.05, 3.63) is 48.2 Å². The molecule has 0 aliphatic heterocycles. The second-order valence-electron chi connectivity index (χ2n) is 2.61. The predicted octanol–water partition coefficient (Wildman–Crippen LogP) is 2.11. The van der Waals surface area contributed by atoms with E-state index in [4.69, 9.17) is 0 Å². The Balaban J connectivity index is 2.78. The quantitative estimate of drug-likeness (QED) is 0.549. The molecular weight excluding hydrogens is 134 g/mol. The van der Waals surface area contributed by atoms with Gasteiger partial charge in [-0.3, -0.25) is 0 Å². The molecule has 0 saturated carbocycles. The van der Waals surface area contributed by atoms with Crippen molar-refractivity contribution in [2.75, 3.05) is 14.1 Å². The van der Waals surface area contributed by atoms with Gasteiger partial charge in [-0.25, -0.2) is 0 Å². The van der Waals surface area contributed by atoms with E-state index in [0.717, 1.165) is 0 Å². The number of nitrogens with zero attached hydrogens (tertiary/aromatic N) is 1. The second-order valence-corrected chi connectivity index (χ2v) is 2.61. The Labute approximate surface area is 68.0 Å². The molecule has 0 spiro atoms. The molecule has 0 atom stereocenters. The molecule has 0 unspecified atom stereocenters. The van der Waals surface area contributed by atoms with Crippen molar-refractivity contribution in [3.63, 3.8) is 0 Å². The summed E-state index contributed by atoms with van der Waals surface area (Å²) in [5, 5.41) is 0. The molecule has 0 aromatic heterocycles. The van der Waals surface area contributed by atoms with Crippen LogP contribution in [0.1, 0.15) is 0 Å². The van der Waals surface area contributed by atoms with Crippen molar-refractivity contribution in [1.29, 1.82) is 0 Å². The van der Waals surface area contributed by atoms with Gasteiger partial charge in [-0.1, -0.05) is 30.4 Å². The van der Waals surface area contributed by atoms with Crippen LogP contribution in [0.15, 0.2) is 48.2 Å². The lowest BCUT2D eigenvalue weighted by atomic mass is 10.2. The Morgan fingerprint density at radius 2 is 1.55 bits per heavy atom. The third-order valence-corrected chi connectivity index (χ3v) is 1.49. The van der Waals surface area contributed by atoms with Crippen molar-refractivity contribution in [1.82, 2.24) is 4.90 Å². The lowest BCUT2D eigenvalue weighted by molar-refractivity contribution is 0.530. The summed E-state index contributed by atoms with van der Waals surface area (Å²) in [6, 6.07) is 0. The van der Waals surface area contributed by atoms with Gasteiger partial charge in [-0.2, -0.15) is 0 Å². The monoisotopic (exact) mass is 147 g/mol. The summed E-state index contributed by atoms with van der Waals surface area (Å²) in [4.78, 5) is 2.08. The average Bonchev–Trinajstić information content (AvgIpc) is 1.84. The van der Waals surface area contributed by atoms with Crippen LogP contribution in [0.2, 0.25) is 0 Å². The summed E-state index contributed by atoms with van der Waals surface area (Å²) < 4.78 is 0. The summed E-state index contributed by atoms with van der Waals surface area (Å²) in [5.41, 5.74) is 1.21. The van der Waals surface area contributed by atoms with E-state index in [1.165, 1.54) is 5.70 Å². The molecule has 0 N–H and O–H groups in total. The van der Waals surface area contributed by atoms with Crippen LogP contribution in [0.25, 0.3) is 0 Å². The minimum absolute atomic E-state index is 1.21. The first kappa shape index (κ1) is 7.86. The maximum absolute atomic E-state index is 2.08. The fraction of sp³-hybridized carbons (Fsp3) is 0.200. The largest absolute Gasteiger partial charge is 0.378 e. The molecule has 0 fully saturated rings. The van der Waals surface area contributed by atoms with Gasteiger partial charge in [0.05, 0.1) is 0 Å². The van der Waals surface area contributed by atoms with E-state index in [1.807, 2.05) is 44.5 Å². The molecule has 0 amide bonds. The zero-order chi connectivity index (χ0) is 8.10. The highest BCUT2D eigenvalue weighted by atomic mass is 15.1. The van der Waals surface area contributed by atoms with Crippen LogP contribution in [-0.2, 0) is 0 Å². The average molecular weight is 147 g/mol. The first-order chi connectivity index (χ1) is 5.30. The van der Waals surface area contributed by atoms with Crippen molar-refractivity contribution in [3.8, 4) is 0 Å². The van der Waals surface area contributed by atoms with Crippen molar-refractivity contribution in [2.24, 2.45) is 0 Å². The Hall–Kier alpha value is -1.24. The van der Waals surface area contributed by atoms with E-state index in [9.17, 15) is 0 Å². The number of hydrogen-bond donors (Lipinski definition) is 0. The minimum Gasteiger partial charge on any atom is -0.378 e. The summed E-state index contributed by atoms with van der Waals surface area (Å²) >= 11 is 0. The van der Waals surface area contributed by atoms with Crippen LogP contribution in [0.5, 0.6) is 0 Å². The van der Waals surface area contributed by atoms with E-state index >= 15 is 0 Å². The highest BCUT2D eigenvalue weighted by Crippen LogP contribution is 2.03. The predicted molar refractivity (Wildman–Crippen MR) is 49.2 cm³/mol. The molecule has 0 aromatic carbocycles. The Bertz CT molecular complexity index is 229. The normalized spacial score (nSPS) is 29.1. The Kier molecular flexibility index (Phi) is 2.73. The van der Waals surface area contributed by atoms with Crippen molar-refractivity contribution in [2.45, 2.75) is 0 Å². The number of hydrogen-bond acceptors (Lipinski definition) is 1. The van der Waals surface area contributed by atoms with E-state index in [2.05, 4.69) is 17.1 Å². The zero-order valence-electron chi connectivity index (χ0n) is 6.99. The molecule has 0 heterocycles. The topological polar surface area (TPSA) is 3.24 Å². The number of rotatable bonds is 1. The Morgan fingerprint density at radius 3 is 2.27 bits per heavy atom. The van der Waals surface area contributed by atoms with Gasteiger partial charge < -0.3 is 4.90 Å². The van der Waals surface area contributed by atoms with Gasteiger partial charge in [0.2, 0.25) is 0 Å². The van der Waals surface area contributed by atoms with Gasteiger partial charge in [0, 0.05) is 19.8 Å². The van der Waals surface area contributed by atoms with Crippen LogP contribution in [0.4, 0.5) is 0 Å². The van der Waals surface area contributed by atoms with E-state index in [0.29, 0.717) is 0 Å². The summed E-state index contributed by atoms with van der Waals surface area (Å²) in [5.74, 6) is 0. The van der Waals surface area contributed by atoms with Gasteiger partial charge in [0.1, 0.15) is 0 Å². The summed E-state index contributed by atoms with van der Waals surface area (Å²) in [6.45, 7) is 0. The first-order valence-corrected chi connectivity index (χ1v) is 3.70. The molecule has 1 rings (SSSR count). The van der Waals surface area contributed by atoms with E-state index in [1.54, 1.807) is 0 Å². The van der Waals surface area contributed by atoms with Gasteiger partial charge in [-0.15, -0.1) is 0 Å². The molecule has 1 nitrogen and oxygen atoms in total. The molecule has 1 aliphatic carbocycles. The van der Waals surface area contributed by atoms with Crippen LogP contribution in [-0.4, -0.2) is 19.0 Å². The van der Waals surface area contributed by atoms with Gasteiger partial charge in [-0.05, 0) is 12.2 Å². The van der Waals surface area contributed by atoms with Crippen LogP contribution in [0.3, 0.4) is 0 Å². The molecule has 1 aliphatic rings. The molecule has 11 heavy (non-hydrogen) atoms. The maximum atomic E-state index is 2.08. The standard InChI is InChI=1S/C10H13N/c1-11(2)10-8-6-4-3-5-7-9-10/h3-9H,1-2H3/b4-3-,5-3?,6-4?,7-5-,8-6-,9-7?,10-8?,10-9+. The van der Waals surface area contributed by atoms with E-state index in [-0.39, 0.29) is 0 Å². The van der Waals surface area contributed by atoms with E-state index < -0.39 is 0 Å². The molecule has 1 heteroatoms. The third-order valence-electron chi connectivity index (χ3n) is 1.49. The molecule has 0 saturated heterocycles. The van der Waals surface area contributed by atoms with Crippen molar-refractivity contribution < 1.29 is 0 Å². The lowest BCUT2D eigenvalue weighted by Gasteiger charge is -2.12. The molecule has 58 valence electrons. The molecule has 0 bridgehead atoms. The second kappa shape index (κ2) is 3.81. The van der Waals surface area contributed by atoms with Crippen molar-refractivity contribution >= 4 is 0 Å². The zero-order valence-corrected chi connectivity index (χ0v) is 6.99. The summed E-state index contributed by atoms with van der Waals surface area (Å²) in [6.07, 6.45) is 14.3. The third kappa shape index (κ3) is 2.46. The number of likely N-dealkylation sites (N-methyl/N-ethyl adjacent to an activating group) is 1. The fourth-order valence-electron chi connectivity index (χ4n) is 0.854. The van der Waals surface area contributed by atoms with Gasteiger partial charge in [0.15, 0.2) is 0 Å². The highest BCUT2D eigenvalue weighted by Gasteiger charge is 1.91. The lowest BCUT2D eigenvalue weighted by Crippen LogP contribution is -2.08. The maximum Gasteiger partial charge on any atom is 0.0360 e. The van der Waals surface area contributed by atoms with Gasteiger partial charge >= 0.3 is 0 Å². The highest BCUT2D eigenvalue weighted by molar-refractivity contribution is 5.29. The molecular formula is C10H13N. The molecule has 0 radical (unpaired) electrons. The summed E-state index contributed by atoms with van der Waals surface area (Å²) in [7, 11) is 4.07. The van der Waals surface area contributed by atoms with Crippen LogP contribution in [0, 0.1) is 0 Å². The van der Waals surface area contributed by atoms with Crippen LogP contribution >= 0.6 is 0 Å². The fourth-order valence-corrected chi connectivity index (χ4v) is 0.854. The molecule has 0 aromatic rings.